The van der Waals surface area contributed by atoms with Crippen LogP contribution in [0.4, 0.5) is 0 Å². The molecule has 3 N–H and O–H groups in total. The molecule has 17 nitrogen and oxygen atoms in total. The standard InChI is InChI=1S/C43H56N10O7/c1-8-35(54)51-16-14-27(22-51)40(56)50(7)36(25(3)4)39(55)46-32-18-34-47-38(49-60-34)26-12-13-33-29(17-26)30(37(52(33)9-2)28-20-44-24-45-21-28)19-43(5,6)23-59-42(58)31-11-10-15-53(48-31)41(32)57/h8,12-13,17,20-21,24-25,27,31-32,36,38,48-49H,1,9-11,14-16,18-19,22-23H2,2-7H3,(H,46,55)/t27-,31-,32-,36-,38?/m0/s1. The van der Waals surface area contributed by atoms with E-state index in [9.17, 15) is 24.0 Å². The molecule has 2 saturated heterocycles. The van der Waals surface area contributed by atoms with Crippen molar-refractivity contribution < 1.29 is 33.5 Å². The lowest BCUT2D eigenvalue weighted by Gasteiger charge is -2.36. The Kier molecular flexibility index (Phi) is 12.4. The van der Waals surface area contributed by atoms with E-state index in [0.717, 1.165) is 33.3 Å². The Labute approximate surface area is 349 Å². The molecule has 3 aromatic rings. The second-order valence-electron chi connectivity index (χ2n) is 17.3. The fourth-order valence-electron chi connectivity index (χ4n) is 8.90. The number of aromatic nitrogens is 3. The summed E-state index contributed by atoms with van der Waals surface area (Å²) < 4.78 is 8.25. The number of aryl methyl sites for hydroxylation is 1. The summed E-state index contributed by atoms with van der Waals surface area (Å²) in [6, 6.07) is 3.21. The van der Waals surface area contributed by atoms with Gasteiger partial charge in [-0.3, -0.25) is 29.0 Å². The molecule has 0 spiro atoms. The molecule has 60 heavy (non-hydrogen) atoms. The molecule has 4 aliphatic heterocycles. The van der Waals surface area contributed by atoms with Crippen molar-refractivity contribution in [1.29, 1.82) is 0 Å². The van der Waals surface area contributed by atoms with E-state index in [4.69, 9.17) is 14.6 Å². The number of benzene rings is 1. The first-order chi connectivity index (χ1) is 28.7. The highest BCUT2D eigenvalue weighted by Gasteiger charge is 2.41. The number of nitrogens with zero attached hydrogens (tertiary/aromatic N) is 7. The number of hydrazine groups is 1. The monoisotopic (exact) mass is 824 g/mol. The number of esters is 1. The lowest BCUT2D eigenvalue weighted by molar-refractivity contribution is -0.155. The van der Waals surface area contributed by atoms with Gasteiger partial charge in [-0.1, -0.05) is 40.3 Å². The van der Waals surface area contributed by atoms with Gasteiger partial charge in [0.25, 0.3) is 5.91 Å². The maximum atomic E-state index is 14.5. The Bertz CT molecular complexity index is 2190. The normalized spacial score (nSPS) is 23.7. The molecule has 0 radical (unpaired) electrons. The van der Waals surface area contributed by atoms with Crippen LogP contribution in [0.25, 0.3) is 22.2 Å². The van der Waals surface area contributed by atoms with Gasteiger partial charge in [-0.05, 0) is 67.9 Å². The number of hydrogen-bond donors (Lipinski definition) is 3. The van der Waals surface area contributed by atoms with E-state index >= 15 is 0 Å². The molecule has 6 heterocycles. The highest BCUT2D eigenvalue weighted by Crippen LogP contribution is 2.39. The fourth-order valence-corrected chi connectivity index (χ4v) is 8.90. The molecule has 0 aliphatic carbocycles. The van der Waals surface area contributed by atoms with Crippen molar-refractivity contribution in [2.24, 2.45) is 22.2 Å². The molecular weight excluding hydrogens is 769 g/mol. The summed E-state index contributed by atoms with van der Waals surface area (Å²) in [5.74, 6) is -2.63. The number of cyclic esters (lactones) is 1. The van der Waals surface area contributed by atoms with Gasteiger partial charge < -0.3 is 29.3 Å². The molecule has 1 aromatic carbocycles. The summed E-state index contributed by atoms with van der Waals surface area (Å²) in [6.07, 6.45) is 7.61. The van der Waals surface area contributed by atoms with Crippen LogP contribution < -0.4 is 16.2 Å². The number of fused-ring (bicyclic) bond motifs is 5. The Balaban J connectivity index is 1.23. The summed E-state index contributed by atoms with van der Waals surface area (Å²) in [7, 11) is 1.58. The summed E-state index contributed by atoms with van der Waals surface area (Å²) in [4.78, 5) is 90.9. The minimum absolute atomic E-state index is 0.114. The van der Waals surface area contributed by atoms with Crippen molar-refractivity contribution in [1.82, 2.24) is 45.6 Å². The van der Waals surface area contributed by atoms with Crippen LogP contribution in [0.5, 0.6) is 0 Å². The topological polar surface area (TPSA) is 193 Å². The number of likely N-dealkylation sites (tertiary alicyclic amines) is 1. The number of hydroxylamine groups is 1. The van der Waals surface area contributed by atoms with Crippen molar-refractivity contribution in [3.63, 3.8) is 0 Å². The van der Waals surface area contributed by atoms with Gasteiger partial charge in [-0.2, -0.15) is 0 Å². The lowest BCUT2D eigenvalue weighted by Crippen LogP contribution is -2.62. The number of amides is 4. The van der Waals surface area contributed by atoms with Gasteiger partial charge in [0.2, 0.25) is 23.6 Å². The van der Waals surface area contributed by atoms with Gasteiger partial charge >= 0.3 is 5.97 Å². The third-order valence-electron chi connectivity index (χ3n) is 11.9. The maximum Gasteiger partial charge on any atom is 0.324 e. The predicted octanol–water partition coefficient (Wildman–Crippen LogP) is 3.06. The quantitative estimate of drug-likeness (QED) is 0.224. The van der Waals surface area contributed by atoms with E-state index in [2.05, 4.69) is 70.2 Å². The highest BCUT2D eigenvalue weighted by molar-refractivity contribution is 5.96. The van der Waals surface area contributed by atoms with Gasteiger partial charge in [-0.25, -0.2) is 20.4 Å². The van der Waals surface area contributed by atoms with Gasteiger partial charge in [0.15, 0.2) is 6.17 Å². The van der Waals surface area contributed by atoms with Crippen molar-refractivity contribution in [3.05, 3.63) is 60.7 Å². The Morgan fingerprint density at radius 3 is 2.62 bits per heavy atom. The molecule has 7 rings (SSSR count). The Morgan fingerprint density at radius 2 is 1.90 bits per heavy atom. The fraction of sp³-hybridized carbons (Fsp3) is 0.535. The van der Waals surface area contributed by atoms with Crippen LogP contribution >= 0.6 is 0 Å². The first-order valence-corrected chi connectivity index (χ1v) is 20.8. The molecule has 6 bridgehead atoms. The molecule has 4 amide bonds. The zero-order valence-electron chi connectivity index (χ0n) is 35.3. The SMILES string of the molecule is C=CC(=O)N1CC[C@H](C(=O)N(C)[C@H](C(=O)N[C@H]2CC3=NC(NO3)c3ccc4c(c3)c(c(-c3cncnc3)n4CC)CC(C)(C)COC(=O)[C@@H]3CCCN(N3)C2=O)C(C)C)C1. The van der Waals surface area contributed by atoms with Crippen LogP contribution in [-0.4, -0.2) is 116 Å². The Hall–Kier alpha value is -5.68. The molecule has 2 fully saturated rings. The van der Waals surface area contributed by atoms with Gasteiger partial charge in [0.1, 0.15) is 24.5 Å². The van der Waals surface area contributed by atoms with E-state index in [1.807, 2.05) is 19.9 Å². The molecular formula is C43H56N10O7. The third-order valence-corrected chi connectivity index (χ3v) is 11.9. The largest absolute Gasteiger partial charge is 0.464 e. The second kappa shape index (κ2) is 17.5. The highest BCUT2D eigenvalue weighted by atomic mass is 16.7. The molecule has 2 aromatic heterocycles. The minimum atomic E-state index is -1.18. The number of carbonyl (C=O) groups is 5. The summed E-state index contributed by atoms with van der Waals surface area (Å²) in [5.41, 5.74) is 10.3. The van der Waals surface area contributed by atoms with E-state index in [1.54, 1.807) is 24.3 Å². The molecule has 0 saturated carbocycles. The molecule has 320 valence electrons. The predicted molar refractivity (Wildman–Crippen MR) is 222 cm³/mol. The molecule has 4 aliphatic rings. The summed E-state index contributed by atoms with van der Waals surface area (Å²) >= 11 is 0. The number of hydrogen-bond acceptors (Lipinski definition) is 12. The number of ether oxygens (including phenoxy) is 1. The number of nitrogens with one attached hydrogen (secondary N) is 3. The molecule has 1 unspecified atom stereocenters. The first kappa shape index (κ1) is 42.4. The van der Waals surface area contributed by atoms with Crippen molar-refractivity contribution in [2.75, 3.05) is 33.3 Å². The van der Waals surface area contributed by atoms with E-state index in [-0.39, 0.29) is 49.7 Å². The van der Waals surface area contributed by atoms with Crippen LogP contribution in [0.3, 0.4) is 0 Å². The lowest BCUT2D eigenvalue weighted by atomic mass is 9.84. The number of carbonyl (C=O) groups excluding carboxylic acids is 5. The van der Waals surface area contributed by atoms with Crippen molar-refractivity contribution in [2.45, 2.75) is 97.6 Å². The first-order valence-electron chi connectivity index (χ1n) is 20.8. The zero-order chi connectivity index (χ0) is 42.9. The van der Waals surface area contributed by atoms with Gasteiger partial charge in [0.05, 0.1) is 24.6 Å². The Morgan fingerprint density at radius 1 is 1.13 bits per heavy atom. The van der Waals surface area contributed by atoms with Crippen LogP contribution in [0.1, 0.15) is 77.6 Å². The summed E-state index contributed by atoms with van der Waals surface area (Å²) in [5, 5.41) is 5.29. The second-order valence-corrected chi connectivity index (χ2v) is 17.3. The summed E-state index contributed by atoms with van der Waals surface area (Å²) in [6.45, 7) is 15.2. The smallest absolute Gasteiger partial charge is 0.324 e. The van der Waals surface area contributed by atoms with E-state index in [1.165, 1.54) is 22.3 Å². The van der Waals surface area contributed by atoms with Crippen LogP contribution in [0.15, 0.2) is 54.6 Å². The van der Waals surface area contributed by atoms with Gasteiger partial charge in [-0.15, -0.1) is 5.48 Å². The number of rotatable bonds is 8. The third kappa shape index (κ3) is 8.64. The van der Waals surface area contributed by atoms with Gasteiger partial charge in [0, 0.05) is 67.5 Å². The maximum absolute atomic E-state index is 14.5. The minimum Gasteiger partial charge on any atom is -0.464 e. The molecule has 17 heteroatoms. The number of likely N-dealkylation sites (N-methyl/N-ethyl adjacent to an activating group) is 1. The van der Waals surface area contributed by atoms with Crippen LogP contribution in [0, 0.1) is 17.3 Å². The average molecular weight is 825 g/mol. The average Bonchev–Trinajstić information content (AvgIpc) is 4.00. The van der Waals surface area contributed by atoms with Crippen molar-refractivity contribution >= 4 is 46.4 Å². The number of aliphatic imine (C=N–C) groups is 1. The van der Waals surface area contributed by atoms with Crippen molar-refractivity contribution in [3.8, 4) is 11.3 Å². The van der Waals surface area contributed by atoms with E-state index < -0.39 is 53.4 Å². The zero-order valence-corrected chi connectivity index (χ0v) is 35.3. The van der Waals surface area contributed by atoms with Crippen LogP contribution in [-0.2, 0) is 46.5 Å². The van der Waals surface area contributed by atoms with E-state index in [0.29, 0.717) is 38.8 Å². The molecule has 5 atom stereocenters. The van der Waals surface area contributed by atoms with Crippen LogP contribution in [0.2, 0.25) is 0 Å².